The topological polar surface area (TPSA) is 32.3 Å². The Labute approximate surface area is 108 Å². The monoisotopic (exact) mass is 254 g/mol. The lowest BCUT2D eigenvalue weighted by molar-refractivity contribution is -0.130. The highest BCUT2D eigenvalue weighted by Crippen LogP contribution is 2.08. The van der Waals surface area contributed by atoms with Crippen molar-refractivity contribution in [1.29, 1.82) is 0 Å². The zero-order chi connectivity index (χ0) is 12.8. The lowest BCUT2D eigenvalue weighted by atomic mass is 10.2. The van der Waals surface area contributed by atoms with Crippen LogP contribution in [-0.4, -0.2) is 30.4 Å². The van der Waals surface area contributed by atoms with Gasteiger partial charge in [0.15, 0.2) is 0 Å². The average Bonchev–Trinajstić information content (AvgIpc) is 2.30. The largest absolute Gasteiger partial charge is 0.342 e. The molecule has 0 saturated heterocycles. The number of nitrogens with one attached hydrogen (secondary N) is 1. The second kappa shape index (κ2) is 6.62. The molecule has 0 bridgehead atoms. The van der Waals surface area contributed by atoms with E-state index in [1.54, 1.807) is 4.90 Å². The number of carbonyl (C=O) groups is 1. The average molecular weight is 255 g/mol. The van der Waals surface area contributed by atoms with E-state index in [9.17, 15) is 4.79 Å². The van der Waals surface area contributed by atoms with Crippen LogP contribution in [0.2, 0.25) is 5.02 Å². The maximum atomic E-state index is 11.7. The summed E-state index contributed by atoms with van der Waals surface area (Å²) >= 11 is 5.79. The SMILES string of the molecule is CC(C)N(C)C(=O)CNCc1ccc(Cl)cc1. The van der Waals surface area contributed by atoms with E-state index in [1.807, 2.05) is 45.2 Å². The number of likely N-dealkylation sites (N-methyl/N-ethyl adjacent to an activating group) is 1. The zero-order valence-electron chi connectivity index (χ0n) is 10.5. The van der Waals surface area contributed by atoms with E-state index in [1.165, 1.54) is 0 Å². The molecule has 0 aliphatic heterocycles. The molecule has 0 fully saturated rings. The van der Waals surface area contributed by atoms with Crippen LogP contribution >= 0.6 is 11.6 Å². The fraction of sp³-hybridized carbons (Fsp3) is 0.462. The Balaban J connectivity index is 2.33. The molecular weight excluding hydrogens is 236 g/mol. The van der Waals surface area contributed by atoms with Gasteiger partial charge in [0.2, 0.25) is 5.91 Å². The van der Waals surface area contributed by atoms with Crippen molar-refractivity contribution in [2.45, 2.75) is 26.4 Å². The molecule has 1 rings (SSSR count). The summed E-state index contributed by atoms with van der Waals surface area (Å²) in [6, 6.07) is 7.83. The highest BCUT2D eigenvalue weighted by atomic mass is 35.5. The van der Waals surface area contributed by atoms with Gasteiger partial charge in [0.05, 0.1) is 6.54 Å². The number of benzene rings is 1. The molecule has 1 aromatic carbocycles. The number of amides is 1. The van der Waals surface area contributed by atoms with E-state index in [2.05, 4.69) is 5.32 Å². The molecule has 0 aliphatic carbocycles. The van der Waals surface area contributed by atoms with Gasteiger partial charge in [-0.15, -0.1) is 0 Å². The molecule has 1 amide bonds. The first kappa shape index (κ1) is 14.0. The van der Waals surface area contributed by atoms with Crippen LogP contribution in [0.4, 0.5) is 0 Å². The van der Waals surface area contributed by atoms with E-state index in [-0.39, 0.29) is 11.9 Å². The predicted octanol–water partition coefficient (Wildman–Crippen LogP) is 2.30. The highest BCUT2D eigenvalue weighted by molar-refractivity contribution is 6.30. The van der Waals surface area contributed by atoms with Gasteiger partial charge in [-0.3, -0.25) is 4.79 Å². The van der Waals surface area contributed by atoms with Crippen molar-refractivity contribution in [3.05, 3.63) is 34.9 Å². The minimum absolute atomic E-state index is 0.106. The Hall–Kier alpha value is -1.06. The summed E-state index contributed by atoms with van der Waals surface area (Å²) in [5.41, 5.74) is 1.12. The van der Waals surface area contributed by atoms with Gasteiger partial charge in [-0.25, -0.2) is 0 Å². The fourth-order valence-electron chi connectivity index (χ4n) is 1.33. The summed E-state index contributed by atoms with van der Waals surface area (Å²) in [4.78, 5) is 13.4. The minimum Gasteiger partial charge on any atom is -0.342 e. The first-order chi connectivity index (χ1) is 8.00. The second-order valence-electron chi connectivity index (χ2n) is 4.33. The van der Waals surface area contributed by atoms with Crippen molar-refractivity contribution in [1.82, 2.24) is 10.2 Å². The van der Waals surface area contributed by atoms with E-state index >= 15 is 0 Å². The summed E-state index contributed by atoms with van der Waals surface area (Å²) in [5, 5.41) is 3.85. The molecule has 0 radical (unpaired) electrons. The number of halogens is 1. The van der Waals surface area contributed by atoms with Crippen molar-refractivity contribution >= 4 is 17.5 Å². The van der Waals surface area contributed by atoms with E-state index in [0.29, 0.717) is 13.1 Å². The molecule has 0 unspecified atom stereocenters. The van der Waals surface area contributed by atoms with Crippen LogP contribution in [-0.2, 0) is 11.3 Å². The maximum Gasteiger partial charge on any atom is 0.236 e. The number of hydrogen-bond acceptors (Lipinski definition) is 2. The normalized spacial score (nSPS) is 10.6. The van der Waals surface area contributed by atoms with Crippen LogP contribution in [0.3, 0.4) is 0 Å². The number of nitrogens with zero attached hydrogens (tertiary/aromatic N) is 1. The number of rotatable bonds is 5. The summed E-state index contributed by atoms with van der Waals surface area (Å²) in [5.74, 6) is 0.106. The van der Waals surface area contributed by atoms with Gasteiger partial charge in [0.1, 0.15) is 0 Å². The maximum absolute atomic E-state index is 11.7. The van der Waals surface area contributed by atoms with Crippen LogP contribution in [0, 0.1) is 0 Å². The molecule has 3 nitrogen and oxygen atoms in total. The zero-order valence-corrected chi connectivity index (χ0v) is 11.3. The molecule has 0 spiro atoms. The van der Waals surface area contributed by atoms with E-state index in [0.717, 1.165) is 10.6 Å². The summed E-state index contributed by atoms with van der Waals surface area (Å²) in [6.07, 6.45) is 0. The molecule has 1 N–H and O–H groups in total. The quantitative estimate of drug-likeness (QED) is 0.875. The van der Waals surface area contributed by atoms with Crippen molar-refractivity contribution in [2.24, 2.45) is 0 Å². The van der Waals surface area contributed by atoms with Crippen molar-refractivity contribution in [3.63, 3.8) is 0 Å². The molecule has 0 aliphatic rings. The van der Waals surface area contributed by atoms with Gasteiger partial charge in [-0.2, -0.15) is 0 Å². The summed E-state index contributed by atoms with van der Waals surface area (Å²) in [7, 11) is 1.82. The first-order valence-electron chi connectivity index (χ1n) is 5.71. The van der Waals surface area contributed by atoms with Gasteiger partial charge < -0.3 is 10.2 Å². The molecular formula is C13H19ClN2O. The van der Waals surface area contributed by atoms with E-state index in [4.69, 9.17) is 11.6 Å². The highest BCUT2D eigenvalue weighted by Gasteiger charge is 2.10. The van der Waals surface area contributed by atoms with Crippen molar-refractivity contribution in [2.75, 3.05) is 13.6 Å². The third-order valence-electron chi connectivity index (χ3n) is 2.69. The lowest BCUT2D eigenvalue weighted by Crippen LogP contribution is -2.39. The standard InChI is InChI=1S/C13H19ClN2O/c1-10(2)16(3)13(17)9-15-8-11-4-6-12(14)7-5-11/h4-7,10,15H,8-9H2,1-3H3. The molecule has 94 valence electrons. The van der Waals surface area contributed by atoms with Crippen LogP contribution in [0.5, 0.6) is 0 Å². The Morgan fingerprint density at radius 3 is 2.47 bits per heavy atom. The third kappa shape index (κ3) is 4.75. The molecule has 0 heterocycles. The van der Waals surface area contributed by atoms with Crippen LogP contribution < -0.4 is 5.32 Å². The van der Waals surface area contributed by atoms with Crippen molar-refractivity contribution < 1.29 is 4.79 Å². The van der Waals surface area contributed by atoms with Gasteiger partial charge in [-0.05, 0) is 31.5 Å². The molecule has 4 heteroatoms. The Morgan fingerprint density at radius 1 is 1.35 bits per heavy atom. The summed E-state index contributed by atoms with van der Waals surface area (Å²) < 4.78 is 0. The van der Waals surface area contributed by atoms with Gasteiger partial charge in [0, 0.05) is 24.7 Å². The molecule has 0 atom stereocenters. The Bertz CT molecular complexity index is 362. The van der Waals surface area contributed by atoms with Crippen LogP contribution in [0.15, 0.2) is 24.3 Å². The molecule has 17 heavy (non-hydrogen) atoms. The Morgan fingerprint density at radius 2 is 1.94 bits per heavy atom. The predicted molar refractivity (Wildman–Crippen MR) is 71.1 cm³/mol. The molecule has 0 saturated carbocycles. The van der Waals surface area contributed by atoms with E-state index < -0.39 is 0 Å². The minimum atomic E-state index is 0.106. The third-order valence-corrected chi connectivity index (χ3v) is 2.94. The fourth-order valence-corrected chi connectivity index (χ4v) is 1.45. The van der Waals surface area contributed by atoms with Gasteiger partial charge in [-0.1, -0.05) is 23.7 Å². The smallest absolute Gasteiger partial charge is 0.236 e. The number of carbonyl (C=O) groups excluding carboxylic acids is 1. The Kier molecular flexibility index (Phi) is 5.45. The van der Waals surface area contributed by atoms with Crippen molar-refractivity contribution in [3.8, 4) is 0 Å². The first-order valence-corrected chi connectivity index (χ1v) is 6.09. The number of hydrogen-bond donors (Lipinski definition) is 1. The van der Waals surface area contributed by atoms with Gasteiger partial charge in [0.25, 0.3) is 0 Å². The molecule has 0 aromatic heterocycles. The lowest BCUT2D eigenvalue weighted by Gasteiger charge is -2.21. The second-order valence-corrected chi connectivity index (χ2v) is 4.76. The van der Waals surface area contributed by atoms with Crippen LogP contribution in [0.1, 0.15) is 19.4 Å². The van der Waals surface area contributed by atoms with Gasteiger partial charge >= 0.3 is 0 Å². The van der Waals surface area contributed by atoms with Crippen LogP contribution in [0.25, 0.3) is 0 Å². The molecule has 1 aromatic rings. The summed E-state index contributed by atoms with van der Waals surface area (Å²) in [6.45, 7) is 5.03.